The van der Waals surface area contributed by atoms with Crippen LogP contribution in [0.2, 0.25) is 0 Å². The fraction of sp³-hybridized carbons (Fsp3) is 0.286. The molecule has 0 saturated carbocycles. The Labute approximate surface area is 101 Å². The summed E-state index contributed by atoms with van der Waals surface area (Å²) in [6, 6.07) is 0. The van der Waals surface area contributed by atoms with Gasteiger partial charge in [-0.2, -0.15) is 0 Å². The highest BCUT2D eigenvalue weighted by Gasteiger charge is 2.09. The molecule has 0 bridgehead atoms. The lowest BCUT2D eigenvalue weighted by Crippen LogP contribution is -2.05. The maximum Gasteiger partial charge on any atom is 0.130 e. The highest BCUT2D eigenvalue weighted by atomic mass is 14.9. The molecule has 0 atom stereocenters. The van der Waals surface area contributed by atoms with Crippen LogP contribution < -0.4 is 0 Å². The quantitative estimate of drug-likeness (QED) is 0.760. The van der Waals surface area contributed by atoms with Crippen LogP contribution in [0.15, 0.2) is 41.8 Å². The van der Waals surface area contributed by atoms with Gasteiger partial charge in [-0.3, -0.25) is 5.41 Å². The first-order valence-electron chi connectivity index (χ1n) is 5.97. The minimum Gasteiger partial charge on any atom is -0.345 e. The van der Waals surface area contributed by atoms with Gasteiger partial charge in [0.25, 0.3) is 0 Å². The number of hydrogen-bond acceptors (Lipinski definition) is 2. The van der Waals surface area contributed by atoms with Crippen molar-refractivity contribution in [2.24, 2.45) is 0 Å². The normalized spacial score (nSPS) is 15.8. The molecule has 88 valence electrons. The number of nitrogens with one attached hydrogen (secondary N) is 2. The third kappa shape index (κ3) is 2.81. The largest absolute Gasteiger partial charge is 0.345 e. The number of H-pyrrole nitrogens is 1. The molecule has 0 spiro atoms. The first kappa shape index (κ1) is 11.6. The van der Waals surface area contributed by atoms with Crippen LogP contribution in [-0.2, 0) is 0 Å². The van der Waals surface area contributed by atoms with Crippen LogP contribution in [-0.4, -0.2) is 15.7 Å². The van der Waals surface area contributed by atoms with E-state index in [1.807, 2.05) is 12.2 Å². The van der Waals surface area contributed by atoms with Gasteiger partial charge < -0.3 is 4.98 Å². The molecule has 3 nitrogen and oxygen atoms in total. The number of nitrogens with zero attached hydrogens (tertiary/aromatic N) is 1. The zero-order valence-electron chi connectivity index (χ0n) is 10.0. The van der Waals surface area contributed by atoms with Crippen LogP contribution in [0.1, 0.15) is 32.0 Å². The molecule has 0 aromatic carbocycles. The number of imidazole rings is 1. The summed E-state index contributed by atoms with van der Waals surface area (Å²) >= 11 is 0. The fourth-order valence-corrected chi connectivity index (χ4v) is 1.86. The van der Waals surface area contributed by atoms with Gasteiger partial charge in [0, 0.05) is 12.4 Å². The van der Waals surface area contributed by atoms with Crippen molar-refractivity contribution in [3.63, 3.8) is 0 Å². The van der Waals surface area contributed by atoms with E-state index in [-0.39, 0.29) is 0 Å². The maximum absolute atomic E-state index is 8.21. The summed E-state index contributed by atoms with van der Waals surface area (Å²) in [6.45, 7) is 2.07. The van der Waals surface area contributed by atoms with Gasteiger partial charge in [-0.05, 0) is 36.5 Å². The topological polar surface area (TPSA) is 52.5 Å². The van der Waals surface area contributed by atoms with Crippen molar-refractivity contribution in [3.8, 4) is 0 Å². The summed E-state index contributed by atoms with van der Waals surface area (Å²) in [5.74, 6) is 0.812. The summed E-state index contributed by atoms with van der Waals surface area (Å²) in [7, 11) is 0. The smallest absolute Gasteiger partial charge is 0.130 e. The Morgan fingerprint density at radius 2 is 2.41 bits per heavy atom. The van der Waals surface area contributed by atoms with Gasteiger partial charge in [0.15, 0.2) is 0 Å². The molecule has 0 saturated heterocycles. The van der Waals surface area contributed by atoms with Crippen LogP contribution in [0.5, 0.6) is 0 Å². The number of allylic oxidation sites excluding steroid dienone is 5. The molecule has 2 N–H and O–H groups in total. The van der Waals surface area contributed by atoms with Crippen molar-refractivity contribution in [2.45, 2.75) is 26.2 Å². The Morgan fingerprint density at radius 1 is 1.53 bits per heavy atom. The monoisotopic (exact) mass is 227 g/mol. The third-order valence-corrected chi connectivity index (χ3v) is 2.82. The summed E-state index contributed by atoms with van der Waals surface area (Å²) in [6.07, 6.45) is 14.7. The molecule has 1 aromatic heterocycles. The number of aromatic amines is 1. The highest BCUT2D eigenvalue weighted by molar-refractivity contribution is 6.14. The molecule has 3 heteroatoms. The molecule has 0 amide bonds. The van der Waals surface area contributed by atoms with Gasteiger partial charge in [-0.1, -0.05) is 25.2 Å². The number of aromatic nitrogens is 2. The van der Waals surface area contributed by atoms with E-state index in [0.29, 0.717) is 5.71 Å². The molecule has 2 rings (SSSR count). The van der Waals surface area contributed by atoms with E-state index >= 15 is 0 Å². The van der Waals surface area contributed by atoms with Crippen LogP contribution in [0, 0.1) is 5.41 Å². The average molecular weight is 227 g/mol. The predicted molar refractivity (Wildman–Crippen MR) is 71.0 cm³/mol. The van der Waals surface area contributed by atoms with E-state index in [4.69, 9.17) is 5.41 Å². The lowest BCUT2D eigenvalue weighted by Gasteiger charge is -2.10. The van der Waals surface area contributed by atoms with Gasteiger partial charge in [0.1, 0.15) is 5.82 Å². The SMILES string of the molecule is CC/C(=C/c1ncc[nH]1)C(=N)C1=CCCC=C1. The number of hydrogen-bond donors (Lipinski definition) is 2. The van der Waals surface area contributed by atoms with E-state index < -0.39 is 0 Å². The van der Waals surface area contributed by atoms with Crippen molar-refractivity contribution in [1.29, 1.82) is 5.41 Å². The first-order valence-corrected chi connectivity index (χ1v) is 5.97. The second-order valence-electron chi connectivity index (χ2n) is 4.01. The molecular weight excluding hydrogens is 210 g/mol. The van der Waals surface area contributed by atoms with Crippen LogP contribution in [0.4, 0.5) is 0 Å². The van der Waals surface area contributed by atoms with E-state index in [0.717, 1.165) is 36.2 Å². The molecule has 1 aliphatic rings. The zero-order valence-corrected chi connectivity index (χ0v) is 10.0. The van der Waals surface area contributed by atoms with Crippen LogP contribution in [0.25, 0.3) is 6.08 Å². The van der Waals surface area contributed by atoms with Crippen molar-refractivity contribution in [3.05, 3.63) is 47.6 Å². The molecule has 17 heavy (non-hydrogen) atoms. The lowest BCUT2D eigenvalue weighted by atomic mass is 9.96. The molecule has 1 aliphatic carbocycles. The molecule has 0 fully saturated rings. The van der Waals surface area contributed by atoms with Gasteiger partial charge in [-0.25, -0.2) is 4.98 Å². The van der Waals surface area contributed by atoms with Gasteiger partial charge in [0.05, 0.1) is 5.71 Å². The van der Waals surface area contributed by atoms with E-state index in [1.54, 1.807) is 12.4 Å². The van der Waals surface area contributed by atoms with E-state index in [9.17, 15) is 0 Å². The van der Waals surface area contributed by atoms with Gasteiger partial charge in [-0.15, -0.1) is 0 Å². The highest BCUT2D eigenvalue weighted by Crippen LogP contribution is 2.18. The summed E-state index contributed by atoms with van der Waals surface area (Å²) in [5, 5.41) is 8.21. The van der Waals surface area contributed by atoms with Crippen molar-refractivity contribution in [2.75, 3.05) is 0 Å². The molecule has 1 heterocycles. The predicted octanol–water partition coefficient (Wildman–Crippen LogP) is 3.50. The van der Waals surface area contributed by atoms with E-state index in [2.05, 4.69) is 29.0 Å². The first-order chi connectivity index (χ1) is 8.31. The van der Waals surface area contributed by atoms with Gasteiger partial charge >= 0.3 is 0 Å². The standard InChI is InChI=1S/C14H17N3/c1-2-11(10-13-16-8-9-17-13)14(15)12-6-4-3-5-7-12/h4,6-10,15H,2-3,5H2,1H3,(H,16,17)/b11-10-,15-14?. The third-order valence-electron chi connectivity index (χ3n) is 2.82. The van der Waals surface area contributed by atoms with Crippen LogP contribution in [0.3, 0.4) is 0 Å². The van der Waals surface area contributed by atoms with Crippen molar-refractivity contribution in [1.82, 2.24) is 9.97 Å². The molecule has 0 unspecified atom stereocenters. The summed E-state index contributed by atoms with van der Waals surface area (Å²) in [5.41, 5.74) is 2.65. The maximum atomic E-state index is 8.21. The summed E-state index contributed by atoms with van der Waals surface area (Å²) in [4.78, 5) is 7.20. The zero-order chi connectivity index (χ0) is 12.1. The molecule has 1 aromatic rings. The fourth-order valence-electron chi connectivity index (χ4n) is 1.86. The number of rotatable bonds is 4. The van der Waals surface area contributed by atoms with Crippen molar-refractivity contribution < 1.29 is 0 Å². The molecule has 0 aliphatic heterocycles. The Bertz CT molecular complexity index is 476. The Hall–Kier alpha value is -1.90. The van der Waals surface area contributed by atoms with E-state index in [1.165, 1.54) is 0 Å². The Kier molecular flexibility index (Phi) is 3.70. The average Bonchev–Trinajstić information content (AvgIpc) is 2.89. The van der Waals surface area contributed by atoms with Gasteiger partial charge in [0.2, 0.25) is 0 Å². The summed E-state index contributed by atoms with van der Waals surface area (Å²) < 4.78 is 0. The molecule has 0 radical (unpaired) electrons. The van der Waals surface area contributed by atoms with Crippen LogP contribution >= 0.6 is 0 Å². The molecular formula is C14H17N3. The lowest BCUT2D eigenvalue weighted by molar-refractivity contribution is 1.03. The minimum atomic E-state index is 0.611. The minimum absolute atomic E-state index is 0.611. The second kappa shape index (κ2) is 5.43. The Morgan fingerprint density at radius 3 is 3.00 bits per heavy atom. The Balaban J connectivity index is 2.21. The second-order valence-corrected chi connectivity index (χ2v) is 4.01. The van der Waals surface area contributed by atoms with Crippen molar-refractivity contribution >= 4 is 11.8 Å².